The highest BCUT2D eigenvalue weighted by Gasteiger charge is 2.46. The van der Waals surface area contributed by atoms with Gasteiger partial charge in [-0.3, -0.25) is 9.88 Å². The number of pyridine rings is 1. The van der Waals surface area contributed by atoms with Crippen molar-refractivity contribution in [3.05, 3.63) is 30.1 Å². The zero-order chi connectivity index (χ0) is 13.1. The van der Waals surface area contributed by atoms with Crippen LogP contribution in [0.2, 0.25) is 0 Å². The lowest BCUT2D eigenvalue weighted by atomic mass is 9.83. The molecule has 1 unspecified atom stereocenters. The van der Waals surface area contributed by atoms with E-state index < -0.39 is 0 Å². The molecule has 1 aliphatic carbocycles. The summed E-state index contributed by atoms with van der Waals surface area (Å²) in [5, 5.41) is 10.9. The number of likely N-dealkylation sites (tertiary alicyclic amines) is 1. The lowest BCUT2D eigenvalue weighted by Crippen LogP contribution is -2.53. The summed E-state index contributed by atoms with van der Waals surface area (Å²) in [5.74, 6) is 0. The van der Waals surface area contributed by atoms with Gasteiger partial charge in [0, 0.05) is 18.0 Å². The SMILES string of the molecule is OC(c1cccnc1)C1(N2CCCCC2)CCCC1. The van der Waals surface area contributed by atoms with Gasteiger partial charge < -0.3 is 5.11 Å². The molecule has 3 nitrogen and oxygen atoms in total. The molecule has 1 aliphatic heterocycles. The Hall–Kier alpha value is -0.930. The predicted molar refractivity (Wildman–Crippen MR) is 75.8 cm³/mol. The Morgan fingerprint density at radius 2 is 1.84 bits per heavy atom. The van der Waals surface area contributed by atoms with Gasteiger partial charge in [-0.2, -0.15) is 0 Å². The van der Waals surface area contributed by atoms with Crippen molar-refractivity contribution in [1.82, 2.24) is 9.88 Å². The van der Waals surface area contributed by atoms with Crippen molar-refractivity contribution in [3.63, 3.8) is 0 Å². The van der Waals surface area contributed by atoms with Gasteiger partial charge in [-0.1, -0.05) is 25.3 Å². The predicted octanol–water partition coefficient (Wildman–Crippen LogP) is 2.91. The fraction of sp³-hybridized carbons (Fsp3) is 0.688. The Bertz CT molecular complexity index is 394. The number of aromatic nitrogens is 1. The fourth-order valence-electron chi connectivity index (χ4n) is 3.94. The zero-order valence-corrected chi connectivity index (χ0v) is 11.6. The standard InChI is InChI=1S/C16H24N2O/c19-15(14-7-6-10-17-13-14)16(8-2-3-9-16)18-11-4-1-5-12-18/h6-7,10,13,15,19H,1-5,8-9,11-12H2. The first kappa shape index (κ1) is 13.1. The Morgan fingerprint density at radius 1 is 1.11 bits per heavy atom. The van der Waals surface area contributed by atoms with E-state index in [1.807, 2.05) is 18.3 Å². The average Bonchev–Trinajstić information content (AvgIpc) is 2.99. The van der Waals surface area contributed by atoms with Crippen LogP contribution in [-0.4, -0.2) is 33.6 Å². The second-order valence-electron chi connectivity index (χ2n) is 6.05. The summed E-state index contributed by atoms with van der Waals surface area (Å²) in [6.07, 6.45) is 11.9. The number of rotatable bonds is 3. The molecule has 0 bridgehead atoms. The summed E-state index contributed by atoms with van der Waals surface area (Å²) in [6.45, 7) is 2.30. The molecule has 2 aliphatic rings. The van der Waals surface area contributed by atoms with E-state index >= 15 is 0 Å². The molecular weight excluding hydrogens is 236 g/mol. The normalized spacial score (nSPS) is 25.3. The molecule has 1 saturated heterocycles. The third kappa shape index (κ3) is 2.41. The second kappa shape index (κ2) is 5.59. The van der Waals surface area contributed by atoms with E-state index in [-0.39, 0.29) is 11.6 Å². The largest absolute Gasteiger partial charge is 0.386 e. The third-order valence-corrected chi connectivity index (χ3v) is 4.96. The van der Waals surface area contributed by atoms with E-state index in [1.165, 1.54) is 32.1 Å². The molecule has 1 atom stereocenters. The second-order valence-corrected chi connectivity index (χ2v) is 6.05. The number of hydrogen-bond donors (Lipinski definition) is 1. The summed E-state index contributed by atoms with van der Waals surface area (Å²) in [4.78, 5) is 6.75. The first-order valence-electron chi connectivity index (χ1n) is 7.66. The van der Waals surface area contributed by atoms with Gasteiger partial charge in [0.05, 0.1) is 11.6 Å². The minimum Gasteiger partial charge on any atom is -0.386 e. The van der Waals surface area contributed by atoms with Gasteiger partial charge in [0.15, 0.2) is 0 Å². The van der Waals surface area contributed by atoms with Crippen LogP contribution < -0.4 is 0 Å². The zero-order valence-electron chi connectivity index (χ0n) is 11.6. The van der Waals surface area contributed by atoms with Crippen LogP contribution in [0.25, 0.3) is 0 Å². The van der Waals surface area contributed by atoms with Crippen molar-refractivity contribution >= 4 is 0 Å². The fourth-order valence-corrected chi connectivity index (χ4v) is 3.94. The summed E-state index contributed by atoms with van der Waals surface area (Å²) in [5.41, 5.74) is 0.957. The molecule has 1 saturated carbocycles. The van der Waals surface area contributed by atoms with Crippen LogP contribution in [0.1, 0.15) is 56.6 Å². The van der Waals surface area contributed by atoms with E-state index in [1.54, 1.807) is 6.20 Å². The first-order chi connectivity index (χ1) is 9.33. The number of aliphatic hydroxyl groups is 1. The van der Waals surface area contributed by atoms with Crippen LogP contribution >= 0.6 is 0 Å². The molecule has 1 aromatic rings. The monoisotopic (exact) mass is 260 g/mol. The molecule has 0 amide bonds. The summed E-state index contributed by atoms with van der Waals surface area (Å²) in [7, 11) is 0. The van der Waals surface area contributed by atoms with Crippen LogP contribution in [0, 0.1) is 0 Å². The maximum absolute atomic E-state index is 10.9. The van der Waals surface area contributed by atoms with E-state index in [0.717, 1.165) is 31.5 Å². The number of nitrogens with zero attached hydrogens (tertiary/aromatic N) is 2. The molecule has 0 aromatic carbocycles. The number of piperidine rings is 1. The maximum atomic E-state index is 10.9. The van der Waals surface area contributed by atoms with Crippen molar-refractivity contribution in [2.75, 3.05) is 13.1 Å². The summed E-state index contributed by atoms with van der Waals surface area (Å²) in [6, 6.07) is 3.94. The van der Waals surface area contributed by atoms with Gasteiger partial charge >= 0.3 is 0 Å². The van der Waals surface area contributed by atoms with Crippen LogP contribution in [-0.2, 0) is 0 Å². The van der Waals surface area contributed by atoms with Crippen molar-refractivity contribution < 1.29 is 5.11 Å². The van der Waals surface area contributed by atoms with Crippen LogP contribution in [0.15, 0.2) is 24.5 Å². The number of aliphatic hydroxyl groups excluding tert-OH is 1. The Morgan fingerprint density at radius 3 is 2.47 bits per heavy atom. The first-order valence-corrected chi connectivity index (χ1v) is 7.66. The molecule has 1 N–H and O–H groups in total. The molecule has 19 heavy (non-hydrogen) atoms. The highest BCUT2D eigenvalue weighted by molar-refractivity contribution is 5.19. The van der Waals surface area contributed by atoms with Crippen molar-refractivity contribution in [3.8, 4) is 0 Å². The van der Waals surface area contributed by atoms with Crippen molar-refractivity contribution in [2.24, 2.45) is 0 Å². The van der Waals surface area contributed by atoms with E-state index in [4.69, 9.17) is 0 Å². The molecule has 2 fully saturated rings. The van der Waals surface area contributed by atoms with Gasteiger partial charge in [0.25, 0.3) is 0 Å². The molecule has 3 heteroatoms. The Labute approximate surface area is 115 Å². The number of hydrogen-bond acceptors (Lipinski definition) is 3. The van der Waals surface area contributed by atoms with Crippen molar-refractivity contribution in [1.29, 1.82) is 0 Å². The van der Waals surface area contributed by atoms with Gasteiger partial charge in [-0.15, -0.1) is 0 Å². The van der Waals surface area contributed by atoms with E-state index in [9.17, 15) is 5.11 Å². The molecular formula is C16H24N2O. The molecule has 104 valence electrons. The Balaban J connectivity index is 1.87. The lowest BCUT2D eigenvalue weighted by molar-refractivity contribution is -0.0406. The van der Waals surface area contributed by atoms with E-state index in [2.05, 4.69) is 9.88 Å². The quantitative estimate of drug-likeness (QED) is 0.908. The molecule has 0 radical (unpaired) electrons. The molecule has 0 spiro atoms. The van der Waals surface area contributed by atoms with Crippen LogP contribution in [0.3, 0.4) is 0 Å². The van der Waals surface area contributed by atoms with Gasteiger partial charge in [-0.25, -0.2) is 0 Å². The maximum Gasteiger partial charge on any atom is 0.0988 e. The van der Waals surface area contributed by atoms with Crippen LogP contribution in [0.4, 0.5) is 0 Å². The van der Waals surface area contributed by atoms with Gasteiger partial charge in [-0.05, 0) is 44.8 Å². The van der Waals surface area contributed by atoms with Crippen LogP contribution in [0.5, 0.6) is 0 Å². The average molecular weight is 260 g/mol. The van der Waals surface area contributed by atoms with E-state index in [0.29, 0.717) is 0 Å². The smallest absolute Gasteiger partial charge is 0.0988 e. The van der Waals surface area contributed by atoms with Gasteiger partial charge in [0.2, 0.25) is 0 Å². The summed E-state index contributed by atoms with van der Waals surface area (Å²) >= 11 is 0. The molecule has 1 aromatic heterocycles. The Kier molecular flexibility index (Phi) is 3.85. The topological polar surface area (TPSA) is 36.4 Å². The minimum absolute atomic E-state index is 0.0244. The minimum atomic E-state index is -0.387. The molecule has 2 heterocycles. The molecule has 3 rings (SSSR count). The third-order valence-electron chi connectivity index (χ3n) is 4.96. The lowest BCUT2D eigenvalue weighted by Gasteiger charge is -2.46. The highest BCUT2D eigenvalue weighted by Crippen LogP contribution is 2.45. The summed E-state index contributed by atoms with van der Waals surface area (Å²) < 4.78 is 0. The highest BCUT2D eigenvalue weighted by atomic mass is 16.3. The van der Waals surface area contributed by atoms with Gasteiger partial charge in [0.1, 0.15) is 0 Å². The van der Waals surface area contributed by atoms with Crippen molar-refractivity contribution in [2.45, 2.75) is 56.6 Å².